The number of alkyl halides is 3. The maximum absolute atomic E-state index is 12.0. The molecule has 1 aromatic rings. The summed E-state index contributed by atoms with van der Waals surface area (Å²) in [5.41, 5.74) is -0.865. The monoisotopic (exact) mass is 242 g/mol. The maximum atomic E-state index is 12.0. The predicted octanol–water partition coefficient (Wildman–Crippen LogP) is 2.68. The van der Waals surface area contributed by atoms with Crippen LogP contribution in [0.2, 0.25) is 0 Å². The number of halogens is 4. The molecular weight excluding hydrogens is 237 g/mol. The van der Waals surface area contributed by atoms with Crippen molar-refractivity contribution in [1.29, 1.82) is 0 Å². The Morgan fingerprint density at radius 2 is 2.17 bits per heavy atom. The van der Waals surface area contributed by atoms with Crippen LogP contribution in [0, 0.1) is 0 Å². The predicted molar refractivity (Wildman–Crippen MR) is 40.6 cm³/mol. The van der Waals surface area contributed by atoms with Gasteiger partial charge in [0.15, 0.2) is 10.4 Å². The Balaban J connectivity index is 3.05. The molecule has 0 unspecified atom stereocenters. The Hall–Kier alpha value is -0.520. The van der Waals surface area contributed by atoms with Crippen LogP contribution in [0.25, 0.3) is 0 Å². The summed E-state index contributed by atoms with van der Waals surface area (Å²) in [6.07, 6.45) is -3.38. The van der Waals surface area contributed by atoms with Gasteiger partial charge >= 0.3 is 6.18 Å². The summed E-state index contributed by atoms with van der Waals surface area (Å²) in [4.78, 5) is 3.31. The molecule has 0 saturated carbocycles. The van der Waals surface area contributed by atoms with E-state index in [1.54, 1.807) is 6.92 Å². The molecule has 0 radical (unpaired) electrons. The zero-order valence-corrected chi connectivity index (χ0v) is 7.78. The van der Waals surface area contributed by atoms with Crippen LogP contribution < -0.4 is 0 Å². The van der Waals surface area contributed by atoms with Crippen molar-refractivity contribution in [2.75, 3.05) is 0 Å². The minimum absolute atomic E-state index is 0.206. The Morgan fingerprint density at radius 1 is 1.58 bits per heavy atom. The Bertz CT molecular complexity index is 279. The molecular formula is C6H6BrF3N2. The van der Waals surface area contributed by atoms with Crippen LogP contribution in [0.15, 0.2) is 10.9 Å². The fourth-order valence-corrected chi connectivity index (χ4v) is 1.30. The van der Waals surface area contributed by atoms with Crippen LogP contribution in [0.3, 0.4) is 0 Å². The number of nitrogens with zero attached hydrogens (tertiary/aromatic N) is 2. The Morgan fingerprint density at radius 3 is 2.42 bits per heavy atom. The van der Waals surface area contributed by atoms with Crippen molar-refractivity contribution in [3.8, 4) is 0 Å². The summed E-state index contributed by atoms with van der Waals surface area (Å²) in [6.45, 7) is 2.20. The molecule has 0 atom stereocenters. The number of rotatable bonds is 1. The second kappa shape index (κ2) is 3.08. The van der Waals surface area contributed by atoms with Crippen molar-refractivity contribution >= 4 is 15.9 Å². The van der Waals surface area contributed by atoms with Crippen LogP contribution >= 0.6 is 15.9 Å². The molecule has 0 saturated heterocycles. The van der Waals surface area contributed by atoms with E-state index in [1.807, 2.05) is 0 Å². The van der Waals surface area contributed by atoms with Gasteiger partial charge in [0.05, 0.1) is 0 Å². The second-order valence-electron chi connectivity index (χ2n) is 2.18. The number of aromatic nitrogens is 2. The van der Waals surface area contributed by atoms with Crippen LogP contribution in [-0.4, -0.2) is 9.55 Å². The van der Waals surface area contributed by atoms with Gasteiger partial charge in [0.25, 0.3) is 0 Å². The quantitative estimate of drug-likeness (QED) is 0.741. The number of aryl methyl sites for hydroxylation is 1. The van der Waals surface area contributed by atoms with Gasteiger partial charge < -0.3 is 4.57 Å². The van der Waals surface area contributed by atoms with Gasteiger partial charge in [-0.15, -0.1) is 0 Å². The molecule has 0 aliphatic heterocycles. The zero-order valence-electron chi connectivity index (χ0n) is 6.19. The molecule has 0 aromatic carbocycles. The van der Waals surface area contributed by atoms with Crippen LogP contribution in [-0.2, 0) is 12.7 Å². The minimum atomic E-state index is -4.36. The molecule has 1 heterocycles. The highest BCUT2D eigenvalue weighted by Gasteiger charge is 2.34. The zero-order chi connectivity index (χ0) is 9.35. The lowest BCUT2D eigenvalue weighted by Gasteiger charge is -1.99. The SMILES string of the molecule is CCn1cc(C(F)(F)F)nc1Br. The van der Waals surface area contributed by atoms with Crippen molar-refractivity contribution in [1.82, 2.24) is 9.55 Å². The first-order valence-electron chi connectivity index (χ1n) is 3.25. The average Bonchev–Trinajstić information content (AvgIpc) is 2.29. The topological polar surface area (TPSA) is 17.8 Å². The van der Waals surface area contributed by atoms with Gasteiger partial charge in [0.2, 0.25) is 0 Å². The summed E-state index contributed by atoms with van der Waals surface area (Å²) in [5.74, 6) is 0. The Kier molecular flexibility index (Phi) is 2.46. The van der Waals surface area contributed by atoms with Gasteiger partial charge in [0, 0.05) is 12.7 Å². The molecule has 0 fully saturated rings. The van der Waals surface area contributed by atoms with Gasteiger partial charge in [0.1, 0.15) is 0 Å². The lowest BCUT2D eigenvalue weighted by atomic mass is 10.5. The highest BCUT2D eigenvalue weighted by molar-refractivity contribution is 9.10. The average molecular weight is 243 g/mol. The molecule has 0 bridgehead atoms. The molecule has 12 heavy (non-hydrogen) atoms. The molecule has 0 N–H and O–H groups in total. The highest BCUT2D eigenvalue weighted by atomic mass is 79.9. The molecule has 6 heteroatoms. The molecule has 0 spiro atoms. The summed E-state index contributed by atoms with van der Waals surface area (Å²) < 4.78 is 37.6. The van der Waals surface area contributed by atoms with E-state index in [2.05, 4.69) is 20.9 Å². The first kappa shape index (κ1) is 9.57. The minimum Gasteiger partial charge on any atom is -0.325 e. The van der Waals surface area contributed by atoms with E-state index in [-0.39, 0.29) is 4.73 Å². The summed E-state index contributed by atoms with van der Waals surface area (Å²) in [7, 11) is 0. The maximum Gasteiger partial charge on any atom is 0.434 e. The summed E-state index contributed by atoms with van der Waals surface area (Å²) >= 11 is 2.92. The second-order valence-corrected chi connectivity index (χ2v) is 2.89. The van der Waals surface area contributed by atoms with E-state index >= 15 is 0 Å². The summed E-state index contributed by atoms with van der Waals surface area (Å²) in [5, 5.41) is 0. The molecule has 1 aromatic heterocycles. The van der Waals surface area contributed by atoms with E-state index in [0.717, 1.165) is 6.20 Å². The fourth-order valence-electron chi connectivity index (χ4n) is 0.752. The number of hydrogen-bond acceptors (Lipinski definition) is 1. The van der Waals surface area contributed by atoms with Gasteiger partial charge in [-0.1, -0.05) is 0 Å². The van der Waals surface area contributed by atoms with Crippen molar-refractivity contribution in [3.05, 3.63) is 16.6 Å². The summed E-state index contributed by atoms with van der Waals surface area (Å²) in [6, 6.07) is 0. The smallest absolute Gasteiger partial charge is 0.325 e. The lowest BCUT2D eigenvalue weighted by Crippen LogP contribution is -2.04. The van der Waals surface area contributed by atoms with Crippen molar-refractivity contribution in [2.45, 2.75) is 19.6 Å². The fraction of sp³-hybridized carbons (Fsp3) is 0.500. The molecule has 0 amide bonds. The van der Waals surface area contributed by atoms with Crippen LogP contribution in [0.4, 0.5) is 13.2 Å². The standard InChI is InChI=1S/C6H6BrF3N2/c1-2-12-3-4(6(8,9)10)11-5(12)7/h3H,2H2,1H3. The van der Waals surface area contributed by atoms with E-state index in [9.17, 15) is 13.2 Å². The third kappa shape index (κ3) is 1.80. The van der Waals surface area contributed by atoms with E-state index in [1.165, 1.54) is 4.57 Å². The van der Waals surface area contributed by atoms with Gasteiger partial charge in [-0.05, 0) is 22.9 Å². The largest absolute Gasteiger partial charge is 0.434 e. The molecule has 0 aliphatic rings. The third-order valence-corrected chi connectivity index (χ3v) is 1.99. The molecule has 68 valence electrons. The van der Waals surface area contributed by atoms with E-state index in [0.29, 0.717) is 6.54 Å². The van der Waals surface area contributed by atoms with E-state index < -0.39 is 11.9 Å². The number of hydrogen-bond donors (Lipinski definition) is 0. The van der Waals surface area contributed by atoms with Gasteiger partial charge in [-0.2, -0.15) is 13.2 Å². The van der Waals surface area contributed by atoms with E-state index in [4.69, 9.17) is 0 Å². The Labute approximate surface area is 75.5 Å². The van der Waals surface area contributed by atoms with Crippen LogP contribution in [0.1, 0.15) is 12.6 Å². The lowest BCUT2D eigenvalue weighted by molar-refractivity contribution is -0.141. The van der Waals surface area contributed by atoms with Crippen LogP contribution in [0.5, 0.6) is 0 Å². The van der Waals surface area contributed by atoms with Crippen molar-refractivity contribution in [2.24, 2.45) is 0 Å². The van der Waals surface area contributed by atoms with Crippen molar-refractivity contribution < 1.29 is 13.2 Å². The third-order valence-electron chi connectivity index (χ3n) is 1.36. The first-order valence-corrected chi connectivity index (χ1v) is 4.04. The molecule has 2 nitrogen and oxygen atoms in total. The molecule has 1 rings (SSSR count). The van der Waals surface area contributed by atoms with Crippen molar-refractivity contribution in [3.63, 3.8) is 0 Å². The normalized spacial score (nSPS) is 12.1. The number of imidazole rings is 1. The highest BCUT2D eigenvalue weighted by Crippen LogP contribution is 2.29. The van der Waals surface area contributed by atoms with Gasteiger partial charge in [-0.3, -0.25) is 0 Å². The molecule has 0 aliphatic carbocycles. The first-order chi connectivity index (χ1) is 5.45. The van der Waals surface area contributed by atoms with Gasteiger partial charge in [-0.25, -0.2) is 4.98 Å².